The van der Waals surface area contributed by atoms with Gasteiger partial charge in [-0.1, -0.05) is 30.3 Å². The van der Waals surface area contributed by atoms with E-state index in [-0.39, 0.29) is 13.0 Å². The van der Waals surface area contributed by atoms with Gasteiger partial charge in [0.05, 0.1) is 0 Å². The number of benzene rings is 1. The van der Waals surface area contributed by atoms with Crippen LogP contribution in [0.2, 0.25) is 0 Å². The molecular formula is C14H17F2NO3. The molecule has 0 aromatic heterocycles. The fraction of sp³-hybridized carbons (Fsp3) is 0.500. The second-order valence-corrected chi connectivity index (χ2v) is 5.21. The largest absolute Gasteiger partial charge is 0.477 e. The Hall–Kier alpha value is -1.53. The fourth-order valence-electron chi connectivity index (χ4n) is 2.56. The smallest absolute Gasteiger partial charge is 0.377 e. The van der Waals surface area contributed by atoms with E-state index in [1.54, 1.807) is 4.90 Å². The third-order valence-corrected chi connectivity index (χ3v) is 3.65. The molecule has 0 radical (unpaired) electrons. The second-order valence-electron chi connectivity index (χ2n) is 5.21. The standard InChI is InChI=1S/C14H17F2NO3/c15-14(16,12(18)19)13(20)7-4-8-17(10-13)9-11-5-2-1-3-6-11/h1-3,5-6,20H,4,7-10H2,(H,18,19). The summed E-state index contributed by atoms with van der Waals surface area (Å²) in [6, 6.07) is 9.27. The molecule has 0 bridgehead atoms. The van der Waals surface area contributed by atoms with Crippen molar-refractivity contribution >= 4 is 5.97 Å². The lowest BCUT2D eigenvalue weighted by Gasteiger charge is -2.41. The summed E-state index contributed by atoms with van der Waals surface area (Å²) >= 11 is 0. The first kappa shape index (κ1) is 14.9. The number of hydrogen-bond donors (Lipinski definition) is 2. The van der Waals surface area contributed by atoms with Crippen molar-refractivity contribution in [3.05, 3.63) is 35.9 Å². The minimum absolute atomic E-state index is 0.211. The molecule has 1 aromatic rings. The van der Waals surface area contributed by atoms with Crippen LogP contribution >= 0.6 is 0 Å². The number of alkyl halides is 2. The van der Waals surface area contributed by atoms with Crippen LogP contribution < -0.4 is 0 Å². The highest BCUT2D eigenvalue weighted by Crippen LogP contribution is 2.36. The molecule has 1 saturated heterocycles. The summed E-state index contributed by atoms with van der Waals surface area (Å²) in [6.45, 7) is 0.632. The van der Waals surface area contributed by atoms with Gasteiger partial charge in [-0.25, -0.2) is 4.79 Å². The Morgan fingerprint density at radius 1 is 1.35 bits per heavy atom. The Balaban J connectivity index is 2.10. The van der Waals surface area contributed by atoms with E-state index >= 15 is 0 Å². The molecule has 0 aliphatic carbocycles. The summed E-state index contributed by atoms with van der Waals surface area (Å²) in [5.41, 5.74) is -1.57. The van der Waals surface area contributed by atoms with E-state index in [0.717, 1.165) is 5.56 Å². The minimum Gasteiger partial charge on any atom is -0.477 e. The first-order valence-corrected chi connectivity index (χ1v) is 6.45. The van der Waals surface area contributed by atoms with Gasteiger partial charge in [0, 0.05) is 13.1 Å². The van der Waals surface area contributed by atoms with Crippen LogP contribution in [0.3, 0.4) is 0 Å². The minimum atomic E-state index is -4.14. The number of halogens is 2. The SMILES string of the molecule is O=C(O)C(F)(F)C1(O)CCCN(Cc2ccccc2)C1. The zero-order valence-electron chi connectivity index (χ0n) is 10.9. The summed E-state index contributed by atoms with van der Waals surface area (Å²) in [6.07, 6.45) is 0.129. The number of carbonyl (C=O) groups is 1. The molecule has 0 amide bonds. The molecule has 1 aromatic carbocycles. The van der Waals surface area contributed by atoms with E-state index in [1.165, 1.54) is 0 Å². The van der Waals surface area contributed by atoms with Crippen LogP contribution in [0.4, 0.5) is 8.78 Å². The number of carboxylic acid groups (broad SMARTS) is 1. The maximum absolute atomic E-state index is 13.7. The zero-order chi connectivity index (χ0) is 14.8. The molecular weight excluding hydrogens is 268 g/mol. The Morgan fingerprint density at radius 3 is 2.60 bits per heavy atom. The molecule has 20 heavy (non-hydrogen) atoms. The van der Waals surface area contributed by atoms with Gasteiger partial charge in [-0.15, -0.1) is 0 Å². The number of piperidine rings is 1. The van der Waals surface area contributed by atoms with Crippen LogP contribution in [-0.2, 0) is 11.3 Å². The van der Waals surface area contributed by atoms with Crippen LogP contribution in [0.5, 0.6) is 0 Å². The molecule has 110 valence electrons. The lowest BCUT2D eigenvalue weighted by Crippen LogP contribution is -2.61. The number of aliphatic carboxylic acids is 1. The van der Waals surface area contributed by atoms with Crippen molar-refractivity contribution in [2.24, 2.45) is 0 Å². The van der Waals surface area contributed by atoms with Crippen molar-refractivity contribution in [3.8, 4) is 0 Å². The van der Waals surface area contributed by atoms with E-state index in [9.17, 15) is 18.7 Å². The molecule has 1 atom stereocenters. The highest BCUT2D eigenvalue weighted by molar-refractivity contribution is 5.77. The molecule has 1 fully saturated rings. The van der Waals surface area contributed by atoms with E-state index in [2.05, 4.69) is 0 Å². The number of likely N-dealkylation sites (tertiary alicyclic amines) is 1. The summed E-state index contributed by atoms with van der Waals surface area (Å²) < 4.78 is 27.3. The molecule has 6 heteroatoms. The first-order chi connectivity index (χ1) is 9.35. The van der Waals surface area contributed by atoms with Gasteiger partial charge < -0.3 is 10.2 Å². The van der Waals surface area contributed by atoms with E-state index < -0.39 is 17.5 Å². The Bertz CT molecular complexity index is 481. The molecule has 1 aliphatic heterocycles. The lowest BCUT2D eigenvalue weighted by molar-refractivity contribution is -0.220. The van der Waals surface area contributed by atoms with Gasteiger partial charge >= 0.3 is 11.9 Å². The molecule has 1 unspecified atom stereocenters. The summed E-state index contributed by atoms with van der Waals surface area (Å²) in [7, 11) is 0. The van der Waals surface area contributed by atoms with Crippen LogP contribution in [0.15, 0.2) is 30.3 Å². The number of rotatable bonds is 4. The summed E-state index contributed by atoms with van der Waals surface area (Å²) in [4.78, 5) is 12.3. The molecule has 1 heterocycles. The van der Waals surface area contributed by atoms with Crippen molar-refractivity contribution in [1.29, 1.82) is 0 Å². The predicted octanol–water partition coefficient (Wildman–Crippen LogP) is 1.73. The van der Waals surface area contributed by atoms with Crippen molar-refractivity contribution in [3.63, 3.8) is 0 Å². The van der Waals surface area contributed by atoms with Gasteiger partial charge in [0.1, 0.15) is 0 Å². The first-order valence-electron chi connectivity index (χ1n) is 6.45. The van der Waals surface area contributed by atoms with Gasteiger partial charge in [0.15, 0.2) is 5.60 Å². The van der Waals surface area contributed by atoms with Crippen molar-refractivity contribution in [2.75, 3.05) is 13.1 Å². The van der Waals surface area contributed by atoms with Gasteiger partial charge in [0.2, 0.25) is 0 Å². The highest BCUT2D eigenvalue weighted by Gasteiger charge is 2.59. The van der Waals surface area contributed by atoms with Crippen molar-refractivity contribution in [2.45, 2.75) is 30.9 Å². The average Bonchev–Trinajstić information content (AvgIpc) is 2.39. The molecule has 0 spiro atoms. The van der Waals surface area contributed by atoms with Crippen LogP contribution in [0, 0.1) is 0 Å². The van der Waals surface area contributed by atoms with Crippen LogP contribution in [-0.4, -0.2) is 45.7 Å². The molecule has 0 saturated carbocycles. The van der Waals surface area contributed by atoms with Gasteiger partial charge in [0.25, 0.3) is 0 Å². The normalized spacial score (nSPS) is 24.6. The number of β-amino-alcohol motifs (C(OH)–C–C–N with tert-alkyl or cyclic N) is 1. The van der Waals surface area contributed by atoms with Gasteiger partial charge in [-0.2, -0.15) is 8.78 Å². The number of nitrogens with zero attached hydrogens (tertiary/aromatic N) is 1. The highest BCUT2D eigenvalue weighted by atomic mass is 19.3. The third-order valence-electron chi connectivity index (χ3n) is 3.65. The number of aliphatic hydroxyl groups is 1. The van der Waals surface area contributed by atoms with E-state index in [1.807, 2.05) is 30.3 Å². The molecule has 1 aliphatic rings. The maximum atomic E-state index is 13.7. The monoisotopic (exact) mass is 285 g/mol. The van der Waals surface area contributed by atoms with Crippen LogP contribution in [0.1, 0.15) is 18.4 Å². The van der Waals surface area contributed by atoms with Crippen LogP contribution in [0.25, 0.3) is 0 Å². The number of carboxylic acids is 1. The topological polar surface area (TPSA) is 60.8 Å². The molecule has 2 rings (SSSR count). The Kier molecular flexibility index (Phi) is 4.06. The van der Waals surface area contributed by atoms with E-state index in [0.29, 0.717) is 19.5 Å². The Morgan fingerprint density at radius 2 is 2.00 bits per heavy atom. The van der Waals surface area contributed by atoms with Gasteiger partial charge in [-0.05, 0) is 24.9 Å². The lowest BCUT2D eigenvalue weighted by atomic mass is 9.86. The second kappa shape index (κ2) is 5.46. The third kappa shape index (κ3) is 2.81. The number of hydrogen-bond acceptors (Lipinski definition) is 3. The molecule has 4 nitrogen and oxygen atoms in total. The van der Waals surface area contributed by atoms with E-state index in [4.69, 9.17) is 5.11 Å². The van der Waals surface area contributed by atoms with Crippen molar-refractivity contribution in [1.82, 2.24) is 4.90 Å². The maximum Gasteiger partial charge on any atom is 0.377 e. The Labute approximate surface area is 115 Å². The fourth-order valence-corrected chi connectivity index (χ4v) is 2.56. The quantitative estimate of drug-likeness (QED) is 0.884. The van der Waals surface area contributed by atoms with Crippen molar-refractivity contribution < 1.29 is 23.8 Å². The van der Waals surface area contributed by atoms with Gasteiger partial charge in [-0.3, -0.25) is 4.90 Å². The zero-order valence-corrected chi connectivity index (χ0v) is 10.9. The molecule has 2 N–H and O–H groups in total. The predicted molar refractivity (Wildman–Crippen MR) is 68.5 cm³/mol. The summed E-state index contributed by atoms with van der Waals surface area (Å²) in [5, 5.41) is 18.7. The average molecular weight is 285 g/mol. The summed E-state index contributed by atoms with van der Waals surface area (Å²) in [5.74, 6) is -6.41.